The van der Waals surface area contributed by atoms with Crippen LogP contribution in [0.5, 0.6) is 0 Å². The molecular formula is C18H16N2O3. The number of non-ortho nitro benzene ring substituents is 1. The van der Waals surface area contributed by atoms with Crippen LogP contribution in [0.1, 0.15) is 19.4 Å². The van der Waals surface area contributed by atoms with Gasteiger partial charge in [0.25, 0.3) is 5.69 Å². The first kappa shape index (κ1) is 13.8. The van der Waals surface area contributed by atoms with Gasteiger partial charge in [-0.05, 0) is 42.8 Å². The van der Waals surface area contributed by atoms with Crippen LogP contribution in [0.4, 0.5) is 11.4 Å². The van der Waals surface area contributed by atoms with Gasteiger partial charge in [0.05, 0.1) is 16.6 Å². The number of anilines is 1. The van der Waals surface area contributed by atoms with Crippen LogP contribution in [-0.4, -0.2) is 10.6 Å². The number of fused-ring (bicyclic) bond motifs is 2. The molecule has 0 bridgehead atoms. The third kappa shape index (κ3) is 1.79. The Labute approximate surface area is 133 Å². The Morgan fingerprint density at radius 2 is 1.91 bits per heavy atom. The zero-order valence-corrected chi connectivity index (χ0v) is 12.9. The van der Waals surface area contributed by atoms with E-state index in [4.69, 9.17) is 4.74 Å². The Balaban J connectivity index is 1.93. The van der Waals surface area contributed by atoms with E-state index in [9.17, 15) is 10.1 Å². The second-order valence-electron chi connectivity index (χ2n) is 6.48. The molecule has 5 heteroatoms. The molecule has 1 N–H and O–H groups in total. The predicted molar refractivity (Wildman–Crippen MR) is 88.2 cm³/mol. The number of benzene rings is 2. The molecule has 2 heterocycles. The van der Waals surface area contributed by atoms with Crippen molar-refractivity contribution >= 4 is 23.7 Å². The number of nitrogens with one attached hydrogen (secondary N) is 1. The van der Waals surface area contributed by atoms with Crippen LogP contribution in [0.25, 0.3) is 12.3 Å². The molecular weight excluding hydrogens is 292 g/mol. The summed E-state index contributed by atoms with van der Waals surface area (Å²) < 4.78 is 6.09. The molecule has 0 aliphatic carbocycles. The van der Waals surface area contributed by atoms with E-state index in [-0.39, 0.29) is 16.0 Å². The molecule has 0 amide bonds. The highest BCUT2D eigenvalue weighted by Crippen LogP contribution is 2.49. The van der Waals surface area contributed by atoms with Gasteiger partial charge in [-0.2, -0.15) is 0 Å². The summed E-state index contributed by atoms with van der Waals surface area (Å²) >= 11 is 0. The maximum Gasteiger partial charge on any atom is 0.270 e. The number of ether oxygens (including phenoxy) is 1. The Bertz CT molecular complexity index is 949. The monoisotopic (exact) mass is 308 g/mol. The summed E-state index contributed by atoms with van der Waals surface area (Å²) in [5.41, 5.74) is 1.20. The van der Waals surface area contributed by atoms with Crippen molar-refractivity contribution < 1.29 is 9.66 Å². The number of nitro benzene ring substituents is 1. The lowest BCUT2D eigenvalue weighted by molar-refractivity contribution is -0.385. The fraction of sp³-hybridized carbons (Fsp3) is 0.222. The highest BCUT2D eigenvalue weighted by molar-refractivity contribution is 5.70. The first-order chi connectivity index (χ1) is 10.9. The quantitative estimate of drug-likeness (QED) is 0.648. The molecule has 5 nitrogen and oxygen atoms in total. The Hall–Kier alpha value is -2.82. The normalized spacial score (nSPS) is 22.9. The van der Waals surface area contributed by atoms with Crippen molar-refractivity contribution in [2.75, 3.05) is 5.32 Å². The highest BCUT2D eigenvalue weighted by Gasteiger charge is 2.53. The number of nitrogens with zero attached hydrogens (tertiary/aromatic N) is 1. The Kier molecular flexibility index (Phi) is 2.61. The largest absolute Gasteiger partial charge is 0.471 e. The van der Waals surface area contributed by atoms with Crippen LogP contribution in [0.3, 0.4) is 0 Å². The first-order valence-corrected chi connectivity index (χ1v) is 7.46. The summed E-state index contributed by atoms with van der Waals surface area (Å²) in [6.07, 6.45) is 3.63. The third-order valence-electron chi connectivity index (χ3n) is 4.86. The summed E-state index contributed by atoms with van der Waals surface area (Å²) in [7, 11) is 0. The summed E-state index contributed by atoms with van der Waals surface area (Å²) in [5, 5.41) is 16.1. The SMILES string of the molecule is CC1(C)c2ccccc2NC12C=c1cc([N+](=O)[O-])ccc1=CO2. The summed E-state index contributed by atoms with van der Waals surface area (Å²) in [6, 6.07) is 12.9. The first-order valence-electron chi connectivity index (χ1n) is 7.46. The summed E-state index contributed by atoms with van der Waals surface area (Å²) in [5.74, 6) is 0. The minimum atomic E-state index is -0.751. The van der Waals surface area contributed by atoms with Crippen LogP contribution in [0.2, 0.25) is 0 Å². The number of rotatable bonds is 1. The van der Waals surface area contributed by atoms with E-state index in [0.717, 1.165) is 16.1 Å². The molecule has 0 saturated heterocycles. The average Bonchev–Trinajstić information content (AvgIpc) is 2.74. The third-order valence-corrected chi connectivity index (χ3v) is 4.86. The smallest absolute Gasteiger partial charge is 0.270 e. The molecule has 0 saturated carbocycles. The van der Waals surface area contributed by atoms with E-state index in [2.05, 4.69) is 25.2 Å². The topological polar surface area (TPSA) is 64.4 Å². The van der Waals surface area contributed by atoms with Crippen LogP contribution < -0.4 is 15.8 Å². The molecule has 4 rings (SSSR count). The van der Waals surface area contributed by atoms with Gasteiger partial charge >= 0.3 is 0 Å². The fourth-order valence-corrected chi connectivity index (χ4v) is 3.40. The van der Waals surface area contributed by atoms with Gasteiger partial charge in [0.2, 0.25) is 5.72 Å². The van der Waals surface area contributed by atoms with Gasteiger partial charge in [-0.3, -0.25) is 10.1 Å². The standard InChI is InChI=1S/C18H16N2O3/c1-17(2)15-5-3-4-6-16(15)19-18(17)10-13-9-14(20(21)22)8-7-12(13)11-23-18/h3-11,19H,1-2H3. The lowest BCUT2D eigenvalue weighted by atomic mass is 9.77. The lowest BCUT2D eigenvalue weighted by Crippen LogP contribution is -2.53. The van der Waals surface area contributed by atoms with E-state index in [0.29, 0.717) is 0 Å². The molecule has 2 aromatic carbocycles. The van der Waals surface area contributed by atoms with Crippen LogP contribution >= 0.6 is 0 Å². The van der Waals surface area contributed by atoms with Gasteiger partial charge in [0, 0.05) is 23.0 Å². The van der Waals surface area contributed by atoms with E-state index < -0.39 is 5.72 Å². The molecule has 0 fully saturated rings. The average molecular weight is 308 g/mol. The van der Waals surface area contributed by atoms with Crippen molar-refractivity contribution in [2.24, 2.45) is 0 Å². The van der Waals surface area contributed by atoms with E-state index in [1.807, 2.05) is 24.3 Å². The number of hydrogen-bond acceptors (Lipinski definition) is 4. The van der Waals surface area contributed by atoms with Gasteiger partial charge in [0.15, 0.2) is 0 Å². The molecule has 2 aliphatic rings. The van der Waals surface area contributed by atoms with Crippen molar-refractivity contribution in [1.29, 1.82) is 0 Å². The van der Waals surface area contributed by atoms with Gasteiger partial charge in [-0.1, -0.05) is 18.2 Å². The molecule has 2 aromatic rings. The molecule has 116 valence electrons. The number of hydrogen-bond donors (Lipinski definition) is 1. The molecule has 1 unspecified atom stereocenters. The van der Waals surface area contributed by atoms with E-state index in [1.54, 1.807) is 18.4 Å². The molecule has 23 heavy (non-hydrogen) atoms. The van der Waals surface area contributed by atoms with Gasteiger partial charge in [0.1, 0.15) is 0 Å². The van der Waals surface area contributed by atoms with E-state index in [1.165, 1.54) is 11.6 Å². The predicted octanol–water partition coefficient (Wildman–Crippen LogP) is 2.24. The molecule has 0 aromatic heterocycles. The summed E-state index contributed by atoms with van der Waals surface area (Å²) in [4.78, 5) is 10.7. The van der Waals surface area contributed by atoms with Crippen LogP contribution in [0, 0.1) is 10.1 Å². The van der Waals surface area contributed by atoms with Crippen molar-refractivity contribution in [3.63, 3.8) is 0 Å². The zero-order valence-electron chi connectivity index (χ0n) is 12.9. The fourth-order valence-electron chi connectivity index (χ4n) is 3.40. The minimum absolute atomic E-state index is 0.0822. The van der Waals surface area contributed by atoms with Crippen molar-refractivity contribution in [1.82, 2.24) is 0 Å². The van der Waals surface area contributed by atoms with E-state index >= 15 is 0 Å². The lowest BCUT2D eigenvalue weighted by Gasteiger charge is -2.39. The number of nitro groups is 1. The summed E-state index contributed by atoms with van der Waals surface area (Å²) in [6.45, 7) is 4.22. The minimum Gasteiger partial charge on any atom is -0.471 e. The van der Waals surface area contributed by atoms with Crippen LogP contribution in [0.15, 0.2) is 42.5 Å². The second-order valence-corrected chi connectivity index (χ2v) is 6.48. The zero-order chi connectivity index (χ0) is 16.2. The Morgan fingerprint density at radius 3 is 2.65 bits per heavy atom. The number of para-hydroxylation sites is 1. The second kappa shape index (κ2) is 4.35. The van der Waals surface area contributed by atoms with Gasteiger partial charge in [-0.25, -0.2) is 0 Å². The molecule has 1 spiro atoms. The van der Waals surface area contributed by atoms with Crippen molar-refractivity contribution in [3.05, 3.63) is 68.6 Å². The van der Waals surface area contributed by atoms with Crippen LogP contribution in [-0.2, 0) is 10.2 Å². The molecule has 1 atom stereocenters. The van der Waals surface area contributed by atoms with Gasteiger partial charge < -0.3 is 10.1 Å². The highest BCUT2D eigenvalue weighted by atomic mass is 16.6. The maximum absolute atomic E-state index is 11.0. The van der Waals surface area contributed by atoms with Gasteiger partial charge in [-0.15, -0.1) is 0 Å². The molecule has 2 aliphatic heterocycles. The van der Waals surface area contributed by atoms with Crippen molar-refractivity contribution in [2.45, 2.75) is 25.0 Å². The van der Waals surface area contributed by atoms with Crippen molar-refractivity contribution in [3.8, 4) is 0 Å². The molecule has 0 radical (unpaired) electrons. The maximum atomic E-state index is 11.0. The Morgan fingerprint density at radius 1 is 1.13 bits per heavy atom.